The molecule has 1 aliphatic rings. The van der Waals surface area contributed by atoms with Gasteiger partial charge in [0.1, 0.15) is 22.9 Å². The van der Waals surface area contributed by atoms with Gasteiger partial charge in [-0.2, -0.15) is 5.10 Å². The third-order valence-corrected chi connectivity index (χ3v) is 5.95. The number of carbonyl (C=O) groups excluding carboxylic acids is 1. The first-order valence-corrected chi connectivity index (χ1v) is 10.5. The number of nitrogens with one attached hydrogen (secondary N) is 1. The number of nitrogens with zero attached hydrogens (tertiary/aromatic N) is 2. The molecular formula is C26H23N3O3. The molecule has 3 N–H and O–H groups in total. The van der Waals surface area contributed by atoms with Gasteiger partial charge in [0.05, 0.1) is 6.04 Å². The predicted molar refractivity (Wildman–Crippen MR) is 121 cm³/mol. The molecule has 0 unspecified atom stereocenters. The fourth-order valence-corrected chi connectivity index (χ4v) is 4.53. The first-order chi connectivity index (χ1) is 15.4. The van der Waals surface area contributed by atoms with Crippen LogP contribution in [-0.4, -0.2) is 31.2 Å². The van der Waals surface area contributed by atoms with E-state index in [1.807, 2.05) is 62.4 Å². The van der Waals surface area contributed by atoms with Crippen LogP contribution in [0.2, 0.25) is 0 Å². The molecule has 0 bridgehead atoms. The number of hydrogen-bond donors (Lipinski definition) is 3. The molecular weight excluding hydrogens is 402 g/mol. The normalized spacial score (nSPS) is 15.2. The molecule has 0 radical (unpaired) electrons. The van der Waals surface area contributed by atoms with Crippen LogP contribution in [0.3, 0.4) is 0 Å². The summed E-state index contributed by atoms with van der Waals surface area (Å²) in [4.78, 5) is 15.2. The zero-order valence-electron chi connectivity index (χ0n) is 17.8. The van der Waals surface area contributed by atoms with Gasteiger partial charge in [0, 0.05) is 17.7 Å². The maximum absolute atomic E-state index is 13.5. The topological polar surface area (TPSA) is 89.4 Å². The van der Waals surface area contributed by atoms with Gasteiger partial charge in [-0.25, -0.2) is 0 Å². The number of hydrogen-bond acceptors (Lipinski definition) is 4. The van der Waals surface area contributed by atoms with E-state index in [1.54, 1.807) is 23.1 Å². The number of carbonyl (C=O) groups is 1. The van der Waals surface area contributed by atoms with Crippen LogP contribution in [0.1, 0.15) is 44.3 Å². The molecule has 160 valence electrons. The average molecular weight is 425 g/mol. The Morgan fingerprint density at radius 2 is 1.78 bits per heavy atom. The number of rotatable bonds is 4. The highest BCUT2D eigenvalue weighted by molar-refractivity contribution is 6.00. The largest absolute Gasteiger partial charge is 0.508 e. The predicted octanol–water partition coefficient (Wildman–Crippen LogP) is 4.85. The van der Waals surface area contributed by atoms with E-state index in [1.165, 1.54) is 0 Å². The fourth-order valence-electron chi connectivity index (χ4n) is 4.53. The molecule has 6 nitrogen and oxygen atoms in total. The minimum atomic E-state index is -0.459. The van der Waals surface area contributed by atoms with Gasteiger partial charge >= 0.3 is 0 Å². The van der Waals surface area contributed by atoms with Gasteiger partial charge < -0.3 is 15.1 Å². The Labute approximate surface area is 185 Å². The summed E-state index contributed by atoms with van der Waals surface area (Å²) in [6.07, 6.45) is 0. The van der Waals surface area contributed by atoms with Crippen LogP contribution >= 0.6 is 0 Å². The maximum atomic E-state index is 13.5. The minimum absolute atomic E-state index is 0.127. The van der Waals surface area contributed by atoms with Crippen LogP contribution < -0.4 is 0 Å². The fraction of sp³-hybridized carbons (Fsp3) is 0.154. The lowest BCUT2D eigenvalue weighted by Gasteiger charge is -2.26. The van der Waals surface area contributed by atoms with Crippen LogP contribution in [-0.2, 0) is 6.54 Å². The zero-order valence-corrected chi connectivity index (χ0v) is 17.8. The summed E-state index contributed by atoms with van der Waals surface area (Å²) in [6, 6.07) is 20.0. The first kappa shape index (κ1) is 19.9. The van der Waals surface area contributed by atoms with Crippen molar-refractivity contribution in [3.05, 3.63) is 100 Å². The van der Waals surface area contributed by atoms with Gasteiger partial charge in [-0.05, 0) is 54.3 Å². The summed E-state index contributed by atoms with van der Waals surface area (Å²) in [5.74, 6) is 0.107. The number of aryl methyl sites for hydroxylation is 2. The summed E-state index contributed by atoms with van der Waals surface area (Å²) in [5, 5.41) is 28.3. The van der Waals surface area contributed by atoms with E-state index in [2.05, 4.69) is 10.2 Å². The lowest BCUT2D eigenvalue weighted by Crippen LogP contribution is -2.29. The van der Waals surface area contributed by atoms with E-state index in [0.29, 0.717) is 29.1 Å². The number of aromatic amines is 1. The number of fused-ring (bicyclic) bond motifs is 1. The molecule has 6 heteroatoms. The van der Waals surface area contributed by atoms with Gasteiger partial charge in [-0.1, -0.05) is 48.5 Å². The molecule has 4 aromatic rings. The van der Waals surface area contributed by atoms with Crippen molar-refractivity contribution in [2.75, 3.05) is 0 Å². The van der Waals surface area contributed by atoms with Gasteiger partial charge in [0.15, 0.2) is 0 Å². The summed E-state index contributed by atoms with van der Waals surface area (Å²) in [5.41, 5.74) is 5.75. The molecule has 0 spiro atoms. The Hall–Kier alpha value is -4.06. The van der Waals surface area contributed by atoms with E-state index in [-0.39, 0.29) is 17.4 Å². The molecule has 2 heterocycles. The van der Waals surface area contributed by atoms with Crippen LogP contribution in [0.15, 0.2) is 66.7 Å². The Kier molecular flexibility index (Phi) is 4.70. The quantitative estimate of drug-likeness (QED) is 0.436. The second kappa shape index (κ2) is 7.57. The van der Waals surface area contributed by atoms with Gasteiger partial charge in [0.25, 0.3) is 5.91 Å². The molecule has 32 heavy (non-hydrogen) atoms. The van der Waals surface area contributed by atoms with E-state index in [0.717, 1.165) is 22.3 Å². The molecule has 3 aromatic carbocycles. The number of phenols is 2. The maximum Gasteiger partial charge on any atom is 0.273 e. The second-order valence-electron chi connectivity index (χ2n) is 8.26. The Morgan fingerprint density at radius 1 is 1.00 bits per heavy atom. The number of H-pyrrole nitrogens is 1. The smallest absolute Gasteiger partial charge is 0.273 e. The highest BCUT2D eigenvalue weighted by atomic mass is 16.3. The Bertz CT molecular complexity index is 1330. The van der Waals surface area contributed by atoms with Crippen molar-refractivity contribution < 1.29 is 15.0 Å². The standard InChI is InChI=1S/C26H23N3O3/c1-15-11-16(2)25(31)20(12-15)22-21-23(28-27-22)26(32)29(14-17-7-4-3-5-8-17)24(21)18-9-6-10-19(30)13-18/h3-13,24,30-31H,14H2,1-2H3,(H,27,28)/t24-/m0/s1. The lowest BCUT2D eigenvalue weighted by molar-refractivity contribution is 0.0730. The number of benzene rings is 3. The first-order valence-electron chi connectivity index (χ1n) is 10.5. The van der Waals surface area contributed by atoms with E-state index in [4.69, 9.17) is 0 Å². The van der Waals surface area contributed by atoms with Crippen LogP contribution in [0.25, 0.3) is 11.3 Å². The molecule has 5 rings (SSSR count). The van der Waals surface area contributed by atoms with Gasteiger partial charge in [-0.15, -0.1) is 0 Å². The zero-order chi connectivity index (χ0) is 22.4. The number of amides is 1. The number of phenolic OH excluding ortho intramolecular Hbond substituents is 2. The molecule has 1 aromatic heterocycles. The van der Waals surface area contributed by atoms with E-state index < -0.39 is 6.04 Å². The summed E-state index contributed by atoms with van der Waals surface area (Å²) in [7, 11) is 0. The van der Waals surface area contributed by atoms with Crippen molar-refractivity contribution in [1.82, 2.24) is 15.1 Å². The van der Waals surface area contributed by atoms with E-state index >= 15 is 0 Å². The Morgan fingerprint density at radius 3 is 2.53 bits per heavy atom. The molecule has 0 saturated carbocycles. The van der Waals surface area contributed by atoms with Crippen molar-refractivity contribution in [2.45, 2.75) is 26.4 Å². The minimum Gasteiger partial charge on any atom is -0.508 e. The van der Waals surface area contributed by atoms with Crippen LogP contribution in [0.4, 0.5) is 0 Å². The highest BCUT2D eigenvalue weighted by Gasteiger charge is 2.42. The van der Waals surface area contributed by atoms with Crippen molar-refractivity contribution >= 4 is 5.91 Å². The molecule has 1 atom stereocenters. The third kappa shape index (κ3) is 3.21. The summed E-state index contributed by atoms with van der Waals surface area (Å²) < 4.78 is 0. The monoisotopic (exact) mass is 425 g/mol. The number of aromatic nitrogens is 2. The summed E-state index contributed by atoms with van der Waals surface area (Å²) in [6.45, 7) is 4.21. The van der Waals surface area contributed by atoms with Crippen LogP contribution in [0, 0.1) is 13.8 Å². The van der Waals surface area contributed by atoms with Gasteiger partial charge in [-0.3, -0.25) is 9.89 Å². The molecule has 0 fully saturated rings. The highest BCUT2D eigenvalue weighted by Crippen LogP contribution is 2.46. The molecule has 0 aliphatic carbocycles. The van der Waals surface area contributed by atoms with Crippen LogP contribution in [0.5, 0.6) is 11.5 Å². The van der Waals surface area contributed by atoms with Crippen molar-refractivity contribution in [1.29, 1.82) is 0 Å². The van der Waals surface area contributed by atoms with Gasteiger partial charge in [0.2, 0.25) is 0 Å². The molecule has 1 amide bonds. The molecule has 1 aliphatic heterocycles. The summed E-state index contributed by atoms with van der Waals surface area (Å²) >= 11 is 0. The second-order valence-corrected chi connectivity index (χ2v) is 8.26. The van der Waals surface area contributed by atoms with Crippen molar-refractivity contribution in [3.8, 4) is 22.8 Å². The third-order valence-electron chi connectivity index (χ3n) is 5.95. The van der Waals surface area contributed by atoms with Crippen molar-refractivity contribution in [3.63, 3.8) is 0 Å². The number of aromatic hydroxyl groups is 2. The lowest BCUT2D eigenvalue weighted by atomic mass is 9.94. The Balaban J connectivity index is 1.70. The van der Waals surface area contributed by atoms with Crippen molar-refractivity contribution in [2.24, 2.45) is 0 Å². The SMILES string of the molecule is Cc1cc(C)c(O)c(-c2n[nH]c3c2[C@H](c2cccc(O)c2)N(Cc2ccccc2)C3=O)c1. The molecule has 0 saturated heterocycles. The average Bonchev–Trinajstić information content (AvgIpc) is 3.31. The van der Waals surface area contributed by atoms with E-state index in [9.17, 15) is 15.0 Å².